The van der Waals surface area contributed by atoms with Crippen LogP contribution in [0.15, 0.2) is 17.5 Å². The van der Waals surface area contributed by atoms with Crippen molar-refractivity contribution in [3.05, 3.63) is 22.4 Å². The quantitative estimate of drug-likeness (QED) is 0.837. The summed E-state index contributed by atoms with van der Waals surface area (Å²) in [7, 11) is 0. The van der Waals surface area contributed by atoms with Crippen molar-refractivity contribution in [2.75, 3.05) is 26.2 Å². The Hall–Kier alpha value is -0.380. The van der Waals surface area contributed by atoms with Gasteiger partial charge in [0.15, 0.2) is 0 Å². The molecular formula is C14H24N2S. The zero-order valence-electron chi connectivity index (χ0n) is 10.8. The number of piperidine rings is 1. The first kappa shape index (κ1) is 13.1. The maximum absolute atomic E-state index is 3.53. The van der Waals surface area contributed by atoms with E-state index in [1.54, 1.807) is 0 Å². The molecule has 1 aliphatic heterocycles. The van der Waals surface area contributed by atoms with E-state index >= 15 is 0 Å². The molecule has 3 heteroatoms. The van der Waals surface area contributed by atoms with Gasteiger partial charge in [0.25, 0.3) is 0 Å². The Morgan fingerprint density at radius 1 is 1.47 bits per heavy atom. The van der Waals surface area contributed by atoms with Crippen molar-refractivity contribution >= 4 is 11.3 Å². The molecule has 2 heterocycles. The Kier molecular flexibility index (Phi) is 5.49. The van der Waals surface area contributed by atoms with Gasteiger partial charge in [-0.25, -0.2) is 0 Å². The van der Waals surface area contributed by atoms with Crippen LogP contribution in [0.5, 0.6) is 0 Å². The number of hydrogen-bond donors (Lipinski definition) is 1. The van der Waals surface area contributed by atoms with Gasteiger partial charge in [-0.2, -0.15) is 0 Å². The first-order chi connectivity index (χ1) is 8.40. The van der Waals surface area contributed by atoms with Crippen molar-refractivity contribution in [2.45, 2.75) is 38.6 Å². The highest BCUT2D eigenvalue weighted by atomic mass is 32.1. The SMILES string of the molecule is CCCN(CCc1cccs1)C1CCCNC1. The minimum absolute atomic E-state index is 0.767. The second-order valence-electron chi connectivity index (χ2n) is 4.87. The second kappa shape index (κ2) is 7.14. The van der Waals surface area contributed by atoms with Crippen molar-refractivity contribution in [1.29, 1.82) is 0 Å². The van der Waals surface area contributed by atoms with E-state index < -0.39 is 0 Å². The molecular weight excluding hydrogens is 228 g/mol. The zero-order valence-corrected chi connectivity index (χ0v) is 11.6. The average molecular weight is 252 g/mol. The lowest BCUT2D eigenvalue weighted by Gasteiger charge is -2.34. The predicted molar refractivity (Wildman–Crippen MR) is 75.8 cm³/mol. The van der Waals surface area contributed by atoms with E-state index in [4.69, 9.17) is 0 Å². The summed E-state index contributed by atoms with van der Waals surface area (Å²) in [5.41, 5.74) is 0. The molecule has 0 aliphatic carbocycles. The third kappa shape index (κ3) is 4.09. The molecule has 0 saturated carbocycles. The van der Waals surface area contributed by atoms with Gasteiger partial charge < -0.3 is 5.32 Å². The van der Waals surface area contributed by atoms with E-state index in [-0.39, 0.29) is 0 Å². The summed E-state index contributed by atoms with van der Waals surface area (Å²) in [5, 5.41) is 5.71. The summed E-state index contributed by atoms with van der Waals surface area (Å²) in [6, 6.07) is 5.18. The predicted octanol–water partition coefficient (Wildman–Crippen LogP) is 2.75. The fourth-order valence-corrected chi connectivity index (χ4v) is 3.32. The van der Waals surface area contributed by atoms with Crippen LogP contribution in [0.3, 0.4) is 0 Å². The molecule has 0 bridgehead atoms. The number of nitrogens with zero attached hydrogens (tertiary/aromatic N) is 1. The van der Waals surface area contributed by atoms with E-state index in [9.17, 15) is 0 Å². The van der Waals surface area contributed by atoms with E-state index in [0.717, 1.165) is 6.04 Å². The number of thiophene rings is 1. The van der Waals surface area contributed by atoms with Crippen LogP contribution in [-0.2, 0) is 6.42 Å². The summed E-state index contributed by atoms with van der Waals surface area (Å²) in [5.74, 6) is 0. The Morgan fingerprint density at radius 2 is 2.41 bits per heavy atom. The molecule has 1 aromatic heterocycles. The molecule has 2 nitrogen and oxygen atoms in total. The molecule has 0 aromatic carbocycles. The van der Waals surface area contributed by atoms with Crippen molar-refractivity contribution < 1.29 is 0 Å². The lowest BCUT2D eigenvalue weighted by atomic mass is 10.1. The van der Waals surface area contributed by atoms with Crippen LogP contribution in [-0.4, -0.2) is 37.1 Å². The van der Waals surface area contributed by atoms with E-state index in [1.165, 1.54) is 56.7 Å². The second-order valence-corrected chi connectivity index (χ2v) is 5.90. The molecule has 1 saturated heterocycles. The molecule has 1 atom stereocenters. The largest absolute Gasteiger partial charge is 0.315 e. The number of hydrogen-bond acceptors (Lipinski definition) is 3. The van der Waals surface area contributed by atoms with Gasteiger partial charge in [0.05, 0.1) is 0 Å². The van der Waals surface area contributed by atoms with Gasteiger partial charge in [-0.3, -0.25) is 4.90 Å². The van der Waals surface area contributed by atoms with Gasteiger partial charge in [0, 0.05) is 24.0 Å². The average Bonchev–Trinajstić information content (AvgIpc) is 2.88. The molecule has 1 aliphatic rings. The van der Waals surface area contributed by atoms with Crippen LogP contribution in [0.1, 0.15) is 31.1 Å². The maximum Gasteiger partial charge on any atom is 0.0221 e. The smallest absolute Gasteiger partial charge is 0.0221 e. The highest BCUT2D eigenvalue weighted by Gasteiger charge is 2.19. The van der Waals surface area contributed by atoms with Crippen molar-refractivity contribution in [3.63, 3.8) is 0 Å². The molecule has 2 rings (SSSR count). The number of nitrogens with one attached hydrogen (secondary N) is 1. The van der Waals surface area contributed by atoms with Crippen molar-refractivity contribution in [1.82, 2.24) is 10.2 Å². The van der Waals surface area contributed by atoms with E-state index in [1.807, 2.05) is 11.3 Å². The fourth-order valence-electron chi connectivity index (χ4n) is 2.62. The van der Waals surface area contributed by atoms with Crippen LogP contribution in [0.4, 0.5) is 0 Å². The Labute approximate surface area is 109 Å². The van der Waals surface area contributed by atoms with Crippen LogP contribution in [0.2, 0.25) is 0 Å². The highest BCUT2D eigenvalue weighted by molar-refractivity contribution is 7.09. The zero-order chi connectivity index (χ0) is 11.9. The monoisotopic (exact) mass is 252 g/mol. The van der Waals surface area contributed by atoms with Crippen molar-refractivity contribution in [3.8, 4) is 0 Å². The van der Waals surface area contributed by atoms with Gasteiger partial charge in [-0.1, -0.05) is 13.0 Å². The molecule has 1 fully saturated rings. The Balaban J connectivity index is 1.82. The fraction of sp³-hybridized carbons (Fsp3) is 0.714. The minimum atomic E-state index is 0.767. The number of rotatable bonds is 6. The first-order valence-corrected chi connectivity index (χ1v) is 7.75. The van der Waals surface area contributed by atoms with Gasteiger partial charge >= 0.3 is 0 Å². The topological polar surface area (TPSA) is 15.3 Å². The molecule has 1 aromatic rings. The molecule has 1 unspecified atom stereocenters. The summed E-state index contributed by atoms with van der Waals surface area (Å²) >= 11 is 1.89. The van der Waals surface area contributed by atoms with Gasteiger partial charge in [0.2, 0.25) is 0 Å². The van der Waals surface area contributed by atoms with Crippen LogP contribution in [0.25, 0.3) is 0 Å². The molecule has 0 amide bonds. The van der Waals surface area contributed by atoms with Crippen LogP contribution < -0.4 is 5.32 Å². The van der Waals surface area contributed by atoms with E-state index in [2.05, 4.69) is 34.7 Å². The molecule has 1 N–H and O–H groups in total. The normalized spacial score (nSPS) is 20.9. The summed E-state index contributed by atoms with van der Waals surface area (Å²) in [4.78, 5) is 4.21. The van der Waals surface area contributed by atoms with Crippen molar-refractivity contribution in [2.24, 2.45) is 0 Å². The van der Waals surface area contributed by atoms with E-state index in [0.29, 0.717) is 0 Å². The first-order valence-electron chi connectivity index (χ1n) is 6.87. The van der Waals surface area contributed by atoms with Crippen LogP contribution >= 0.6 is 11.3 Å². The minimum Gasteiger partial charge on any atom is -0.315 e. The highest BCUT2D eigenvalue weighted by Crippen LogP contribution is 2.14. The molecule has 17 heavy (non-hydrogen) atoms. The summed E-state index contributed by atoms with van der Waals surface area (Å²) in [6.07, 6.45) is 5.19. The third-order valence-corrected chi connectivity index (χ3v) is 4.46. The van der Waals surface area contributed by atoms with Crippen LogP contribution in [0, 0.1) is 0 Å². The summed E-state index contributed by atoms with van der Waals surface area (Å²) < 4.78 is 0. The summed E-state index contributed by atoms with van der Waals surface area (Å²) in [6.45, 7) is 7.15. The van der Waals surface area contributed by atoms with Gasteiger partial charge in [0.1, 0.15) is 0 Å². The molecule has 0 radical (unpaired) electrons. The van der Waals surface area contributed by atoms with Gasteiger partial charge in [-0.15, -0.1) is 11.3 Å². The standard InChI is InChI=1S/C14H24N2S/c1-2-9-16(13-5-3-8-15-12-13)10-7-14-6-4-11-17-14/h4,6,11,13,15H,2-3,5,7-10,12H2,1H3. The molecule has 96 valence electrons. The molecule has 0 spiro atoms. The lowest BCUT2D eigenvalue weighted by molar-refractivity contribution is 0.168. The van der Waals surface area contributed by atoms with Gasteiger partial charge in [-0.05, 0) is 50.2 Å². The third-order valence-electron chi connectivity index (χ3n) is 3.52. The maximum atomic E-state index is 3.53. The lowest BCUT2D eigenvalue weighted by Crippen LogP contribution is -2.47. The Bertz CT molecular complexity index is 291. The Morgan fingerprint density at radius 3 is 3.06 bits per heavy atom.